The van der Waals surface area contributed by atoms with Gasteiger partial charge in [-0.15, -0.1) is 0 Å². The van der Waals surface area contributed by atoms with Crippen LogP contribution in [0.25, 0.3) is 0 Å². The van der Waals surface area contributed by atoms with Crippen LogP contribution in [0.1, 0.15) is 12.5 Å². The van der Waals surface area contributed by atoms with Gasteiger partial charge in [0, 0.05) is 6.42 Å². The van der Waals surface area contributed by atoms with Gasteiger partial charge < -0.3 is 15.5 Å². The predicted octanol–water partition coefficient (Wildman–Crippen LogP) is 1.51. The standard InChI is InChI=1S/C12H15NO3/c1-2-7-13-11(12(15)16)8-9-3-5-10(14)6-4-9/h2-7,11,13-14H,8H2,1H3,(H,15,16)/t11-/m0/s1. The van der Waals surface area contributed by atoms with E-state index in [1.54, 1.807) is 36.5 Å². The number of carbonyl (C=O) groups is 1. The fourth-order valence-corrected chi connectivity index (χ4v) is 1.30. The molecule has 0 saturated carbocycles. The Kier molecular flexibility index (Phi) is 4.39. The number of nitrogens with one attached hydrogen (secondary N) is 1. The average molecular weight is 221 g/mol. The van der Waals surface area contributed by atoms with Crippen LogP contribution >= 0.6 is 0 Å². The van der Waals surface area contributed by atoms with Crippen LogP contribution in [-0.2, 0) is 11.2 Å². The van der Waals surface area contributed by atoms with E-state index in [1.165, 1.54) is 0 Å². The summed E-state index contributed by atoms with van der Waals surface area (Å²) < 4.78 is 0. The second-order valence-corrected chi connectivity index (χ2v) is 3.43. The molecule has 4 nitrogen and oxygen atoms in total. The first kappa shape index (κ1) is 12.1. The number of phenolic OH excluding ortho intramolecular Hbond substituents is 1. The number of aliphatic carboxylic acids is 1. The maximum Gasteiger partial charge on any atom is 0.326 e. The minimum Gasteiger partial charge on any atom is -0.508 e. The van der Waals surface area contributed by atoms with Crippen molar-refractivity contribution >= 4 is 5.97 Å². The lowest BCUT2D eigenvalue weighted by Gasteiger charge is -2.12. The normalized spacial score (nSPS) is 12.6. The molecule has 0 amide bonds. The summed E-state index contributed by atoms with van der Waals surface area (Å²) in [5.74, 6) is -0.719. The monoisotopic (exact) mass is 221 g/mol. The quantitative estimate of drug-likeness (QED) is 0.705. The van der Waals surface area contributed by atoms with Crippen LogP contribution in [0.5, 0.6) is 5.75 Å². The molecule has 16 heavy (non-hydrogen) atoms. The number of hydrogen-bond donors (Lipinski definition) is 3. The largest absolute Gasteiger partial charge is 0.508 e. The van der Waals surface area contributed by atoms with Gasteiger partial charge in [-0.2, -0.15) is 0 Å². The number of phenols is 1. The molecule has 1 atom stereocenters. The topological polar surface area (TPSA) is 69.6 Å². The van der Waals surface area contributed by atoms with Gasteiger partial charge in [0.05, 0.1) is 0 Å². The maximum atomic E-state index is 10.9. The zero-order valence-electron chi connectivity index (χ0n) is 9.05. The first-order chi connectivity index (χ1) is 7.63. The SMILES string of the molecule is CC=CN[C@@H](Cc1ccc(O)cc1)C(=O)O. The highest BCUT2D eigenvalue weighted by molar-refractivity contribution is 5.74. The van der Waals surface area contributed by atoms with Crippen molar-refractivity contribution in [2.75, 3.05) is 0 Å². The highest BCUT2D eigenvalue weighted by atomic mass is 16.4. The Labute approximate surface area is 94.2 Å². The molecular weight excluding hydrogens is 206 g/mol. The molecular formula is C12H15NO3. The second-order valence-electron chi connectivity index (χ2n) is 3.43. The summed E-state index contributed by atoms with van der Waals surface area (Å²) in [6.45, 7) is 1.81. The summed E-state index contributed by atoms with van der Waals surface area (Å²) in [6, 6.07) is 5.86. The van der Waals surface area contributed by atoms with Crippen LogP contribution in [0.3, 0.4) is 0 Å². The molecule has 0 spiro atoms. The minimum absolute atomic E-state index is 0.178. The molecule has 0 aliphatic heterocycles. The molecule has 1 rings (SSSR count). The van der Waals surface area contributed by atoms with Crippen LogP contribution in [-0.4, -0.2) is 22.2 Å². The number of hydrogen-bond acceptors (Lipinski definition) is 3. The van der Waals surface area contributed by atoms with Crippen molar-refractivity contribution in [3.05, 3.63) is 42.1 Å². The third-order valence-electron chi connectivity index (χ3n) is 2.14. The number of carboxylic acids is 1. The Bertz CT molecular complexity index is 370. The van der Waals surface area contributed by atoms with Crippen LogP contribution in [0.2, 0.25) is 0 Å². The number of benzene rings is 1. The molecule has 0 bridgehead atoms. The molecule has 0 heterocycles. The lowest BCUT2D eigenvalue weighted by molar-refractivity contribution is -0.139. The van der Waals surface area contributed by atoms with Gasteiger partial charge in [-0.25, -0.2) is 4.79 Å². The van der Waals surface area contributed by atoms with E-state index >= 15 is 0 Å². The predicted molar refractivity (Wildman–Crippen MR) is 61.2 cm³/mol. The van der Waals surface area contributed by atoms with Crippen LogP contribution < -0.4 is 5.32 Å². The van der Waals surface area contributed by atoms with Crippen molar-refractivity contribution in [2.24, 2.45) is 0 Å². The van der Waals surface area contributed by atoms with E-state index in [0.29, 0.717) is 6.42 Å². The molecule has 3 N–H and O–H groups in total. The fourth-order valence-electron chi connectivity index (χ4n) is 1.30. The first-order valence-corrected chi connectivity index (χ1v) is 5.01. The number of aromatic hydroxyl groups is 1. The Balaban J connectivity index is 2.67. The Morgan fingerprint density at radius 3 is 2.56 bits per heavy atom. The van der Waals surface area contributed by atoms with Crippen molar-refractivity contribution in [2.45, 2.75) is 19.4 Å². The summed E-state index contributed by atoms with van der Waals surface area (Å²) in [6.07, 6.45) is 3.73. The van der Waals surface area contributed by atoms with Gasteiger partial charge in [-0.05, 0) is 30.8 Å². The lowest BCUT2D eigenvalue weighted by atomic mass is 10.1. The van der Waals surface area contributed by atoms with Crippen molar-refractivity contribution < 1.29 is 15.0 Å². The Morgan fingerprint density at radius 1 is 1.44 bits per heavy atom. The van der Waals surface area contributed by atoms with Crippen molar-refractivity contribution in [1.82, 2.24) is 5.32 Å². The van der Waals surface area contributed by atoms with E-state index < -0.39 is 12.0 Å². The molecule has 0 radical (unpaired) electrons. The molecule has 0 fully saturated rings. The maximum absolute atomic E-state index is 10.9. The summed E-state index contributed by atoms with van der Waals surface area (Å²) >= 11 is 0. The number of rotatable bonds is 5. The van der Waals surface area contributed by atoms with Gasteiger partial charge in [-0.1, -0.05) is 18.2 Å². The van der Waals surface area contributed by atoms with Crippen LogP contribution in [0.15, 0.2) is 36.5 Å². The van der Waals surface area contributed by atoms with Gasteiger partial charge in [-0.3, -0.25) is 0 Å². The molecule has 4 heteroatoms. The zero-order valence-corrected chi connectivity index (χ0v) is 9.05. The molecule has 0 aromatic heterocycles. The van der Waals surface area contributed by atoms with Gasteiger partial charge in [0.15, 0.2) is 0 Å². The molecule has 0 saturated heterocycles. The first-order valence-electron chi connectivity index (χ1n) is 5.01. The fraction of sp³-hybridized carbons (Fsp3) is 0.250. The molecule has 1 aromatic rings. The van der Waals surface area contributed by atoms with E-state index in [2.05, 4.69) is 5.32 Å². The van der Waals surface area contributed by atoms with E-state index in [9.17, 15) is 4.79 Å². The van der Waals surface area contributed by atoms with Gasteiger partial charge >= 0.3 is 5.97 Å². The van der Waals surface area contributed by atoms with Gasteiger partial charge in [0.25, 0.3) is 0 Å². The molecule has 0 aliphatic rings. The summed E-state index contributed by atoms with van der Waals surface area (Å²) in [5.41, 5.74) is 0.863. The van der Waals surface area contributed by atoms with E-state index in [1.807, 2.05) is 6.92 Å². The highest BCUT2D eigenvalue weighted by Crippen LogP contribution is 2.11. The smallest absolute Gasteiger partial charge is 0.326 e. The third-order valence-corrected chi connectivity index (χ3v) is 2.14. The van der Waals surface area contributed by atoms with Crippen molar-refractivity contribution in [3.63, 3.8) is 0 Å². The Hall–Kier alpha value is -1.97. The van der Waals surface area contributed by atoms with Gasteiger partial charge in [0.2, 0.25) is 0 Å². The van der Waals surface area contributed by atoms with E-state index in [-0.39, 0.29) is 5.75 Å². The van der Waals surface area contributed by atoms with Crippen LogP contribution in [0, 0.1) is 0 Å². The minimum atomic E-state index is -0.897. The molecule has 1 aromatic carbocycles. The molecule has 0 aliphatic carbocycles. The summed E-state index contributed by atoms with van der Waals surface area (Å²) in [7, 11) is 0. The van der Waals surface area contributed by atoms with Crippen molar-refractivity contribution in [3.8, 4) is 5.75 Å². The van der Waals surface area contributed by atoms with Gasteiger partial charge in [0.1, 0.15) is 11.8 Å². The van der Waals surface area contributed by atoms with Crippen molar-refractivity contribution in [1.29, 1.82) is 0 Å². The summed E-state index contributed by atoms with van der Waals surface area (Å²) in [4.78, 5) is 10.9. The molecule has 86 valence electrons. The number of carboxylic acid groups (broad SMARTS) is 1. The zero-order chi connectivity index (χ0) is 12.0. The van der Waals surface area contributed by atoms with E-state index in [4.69, 9.17) is 10.2 Å². The average Bonchev–Trinajstić information content (AvgIpc) is 2.26. The van der Waals surface area contributed by atoms with Crippen LogP contribution in [0.4, 0.5) is 0 Å². The third kappa shape index (κ3) is 3.65. The highest BCUT2D eigenvalue weighted by Gasteiger charge is 2.15. The molecule has 0 unspecified atom stereocenters. The Morgan fingerprint density at radius 2 is 2.06 bits per heavy atom. The lowest BCUT2D eigenvalue weighted by Crippen LogP contribution is -2.35. The summed E-state index contributed by atoms with van der Waals surface area (Å²) in [5, 5.41) is 20.9. The second kappa shape index (κ2) is 5.80. The van der Waals surface area contributed by atoms with E-state index in [0.717, 1.165) is 5.56 Å². The number of allylic oxidation sites excluding steroid dienone is 1.